The number of nitrogens with one attached hydrogen (secondary N) is 1. The van der Waals surface area contributed by atoms with E-state index < -0.39 is 30.0 Å². The number of urea groups is 1. The number of hydrogen-bond acceptors (Lipinski definition) is 5. The molecule has 0 aromatic carbocycles. The average Bonchev–Trinajstić information content (AvgIpc) is 3.19. The summed E-state index contributed by atoms with van der Waals surface area (Å²) in [5.41, 5.74) is -1.30. The van der Waals surface area contributed by atoms with Crippen molar-refractivity contribution in [2.45, 2.75) is 58.6 Å². The zero-order valence-electron chi connectivity index (χ0n) is 16.4. The second-order valence-corrected chi connectivity index (χ2v) is 8.28. The molecule has 7 nitrogen and oxygen atoms in total. The van der Waals surface area contributed by atoms with Gasteiger partial charge in [-0.1, -0.05) is 27.2 Å². The molecule has 1 saturated carbocycles. The molecule has 1 N–H and O–H groups in total. The van der Waals surface area contributed by atoms with Gasteiger partial charge in [-0.3, -0.25) is 14.5 Å². The summed E-state index contributed by atoms with van der Waals surface area (Å²) in [6, 6.07) is 2.65. The normalized spacial score (nSPS) is 31.3. The fourth-order valence-electron chi connectivity index (χ4n) is 4.16. The first-order valence-electron chi connectivity index (χ1n) is 9.60. The number of nitrogens with zero attached hydrogens (tertiary/aromatic N) is 1. The molecule has 1 aromatic rings. The van der Waals surface area contributed by atoms with E-state index in [9.17, 15) is 14.4 Å². The second-order valence-electron chi connectivity index (χ2n) is 8.28. The number of imide groups is 1. The Kier molecular flexibility index (Phi) is 5.31. The number of amides is 3. The SMILES string of the molecule is CC(C)[C@H]1CC[C@@H](C)C[C@@H]1OC(=O)CN1C(=O)N[C@](C)(c2ccco2)C1=O. The molecule has 148 valence electrons. The molecule has 0 radical (unpaired) electrons. The van der Waals surface area contributed by atoms with Crippen LogP contribution in [0.25, 0.3) is 0 Å². The molecule has 3 amide bonds. The molecule has 3 rings (SSSR count). The number of ether oxygens (including phenoxy) is 1. The van der Waals surface area contributed by atoms with Gasteiger partial charge >= 0.3 is 12.0 Å². The van der Waals surface area contributed by atoms with E-state index in [4.69, 9.17) is 9.15 Å². The molecule has 2 aliphatic rings. The third-order valence-electron chi connectivity index (χ3n) is 5.82. The monoisotopic (exact) mass is 376 g/mol. The maximum absolute atomic E-state index is 12.8. The van der Waals surface area contributed by atoms with Crippen molar-refractivity contribution in [2.75, 3.05) is 6.54 Å². The Labute approximate surface area is 159 Å². The molecule has 0 spiro atoms. The summed E-state index contributed by atoms with van der Waals surface area (Å²) in [7, 11) is 0. The highest BCUT2D eigenvalue weighted by molar-refractivity contribution is 6.08. The van der Waals surface area contributed by atoms with Crippen molar-refractivity contribution in [3.05, 3.63) is 24.2 Å². The standard InChI is InChI=1S/C20H28N2O5/c1-12(2)14-8-7-13(3)10-15(14)27-17(23)11-22-18(24)20(4,21-19(22)25)16-6-5-9-26-16/h5-6,9,12-15H,7-8,10-11H2,1-4H3,(H,21,25)/t13-,14-,15+,20-/m1/s1. The van der Waals surface area contributed by atoms with Crippen LogP contribution in [0.1, 0.15) is 52.7 Å². The number of hydrogen-bond donors (Lipinski definition) is 1. The van der Waals surface area contributed by atoms with E-state index >= 15 is 0 Å². The first kappa shape index (κ1) is 19.5. The smallest absolute Gasteiger partial charge is 0.326 e. The van der Waals surface area contributed by atoms with Crippen LogP contribution in [0.15, 0.2) is 22.8 Å². The van der Waals surface area contributed by atoms with E-state index in [1.165, 1.54) is 6.26 Å². The Morgan fingerprint density at radius 3 is 2.78 bits per heavy atom. The molecule has 2 fully saturated rings. The quantitative estimate of drug-likeness (QED) is 0.630. The number of esters is 1. The fourth-order valence-corrected chi connectivity index (χ4v) is 4.16. The van der Waals surface area contributed by atoms with Gasteiger partial charge in [0.2, 0.25) is 0 Å². The Balaban J connectivity index is 1.67. The molecule has 1 aliphatic heterocycles. The Hall–Kier alpha value is -2.31. The molecule has 1 aliphatic carbocycles. The van der Waals surface area contributed by atoms with Gasteiger partial charge in [0.05, 0.1) is 6.26 Å². The van der Waals surface area contributed by atoms with Gasteiger partial charge in [0.15, 0.2) is 5.54 Å². The van der Waals surface area contributed by atoms with E-state index in [0.717, 1.165) is 24.2 Å². The predicted octanol–water partition coefficient (Wildman–Crippen LogP) is 3.05. The van der Waals surface area contributed by atoms with E-state index in [1.54, 1.807) is 19.1 Å². The summed E-state index contributed by atoms with van der Waals surface area (Å²) in [6.07, 6.45) is 4.24. The highest BCUT2D eigenvalue weighted by Crippen LogP contribution is 2.35. The van der Waals surface area contributed by atoms with Crippen molar-refractivity contribution in [3.63, 3.8) is 0 Å². The lowest BCUT2D eigenvalue weighted by Crippen LogP contribution is -2.42. The molecule has 0 unspecified atom stereocenters. The van der Waals surface area contributed by atoms with Crippen molar-refractivity contribution in [2.24, 2.45) is 17.8 Å². The number of rotatable bonds is 5. The van der Waals surface area contributed by atoms with E-state index in [0.29, 0.717) is 23.5 Å². The first-order valence-corrected chi connectivity index (χ1v) is 9.60. The fraction of sp³-hybridized carbons (Fsp3) is 0.650. The minimum atomic E-state index is -1.30. The molecule has 0 bridgehead atoms. The summed E-state index contributed by atoms with van der Waals surface area (Å²) in [5.74, 6) is 0.481. The maximum atomic E-state index is 12.8. The molecule has 4 atom stereocenters. The number of carbonyl (C=O) groups is 3. The largest absolute Gasteiger partial charge is 0.466 e. The maximum Gasteiger partial charge on any atom is 0.326 e. The van der Waals surface area contributed by atoms with Gasteiger partial charge < -0.3 is 14.5 Å². The Bertz CT molecular complexity index is 714. The molecule has 2 heterocycles. The molecule has 7 heteroatoms. The lowest BCUT2D eigenvalue weighted by molar-refractivity contribution is -0.158. The molecule has 1 aromatic heterocycles. The van der Waals surface area contributed by atoms with Gasteiger partial charge in [0.25, 0.3) is 5.91 Å². The van der Waals surface area contributed by atoms with Gasteiger partial charge in [0, 0.05) is 0 Å². The van der Waals surface area contributed by atoms with Crippen molar-refractivity contribution in [1.29, 1.82) is 0 Å². The lowest BCUT2D eigenvalue weighted by atomic mass is 9.75. The first-order chi connectivity index (χ1) is 12.7. The van der Waals surface area contributed by atoms with Gasteiger partial charge in [0.1, 0.15) is 18.4 Å². The number of furan rings is 1. The Morgan fingerprint density at radius 2 is 2.15 bits per heavy atom. The summed E-state index contributed by atoms with van der Waals surface area (Å²) in [5, 5.41) is 2.61. The van der Waals surface area contributed by atoms with Crippen LogP contribution in [0.2, 0.25) is 0 Å². The van der Waals surface area contributed by atoms with Crippen LogP contribution < -0.4 is 5.32 Å². The topological polar surface area (TPSA) is 88.8 Å². The van der Waals surface area contributed by atoms with Gasteiger partial charge in [-0.2, -0.15) is 0 Å². The summed E-state index contributed by atoms with van der Waals surface area (Å²) in [6.45, 7) is 7.59. The van der Waals surface area contributed by atoms with Gasteiger partial charge in [-0.25, -0.2) is 4.79 Å². The third kappa shape index (κ3) is 3.73. The van der Waals surface area contributed by atoms with E-state index in [2.05, 4.69) is 26.1 Å². The summed E-state index contributed by atoms with van der Waals surface area (Å²) < 4.78 is 11.0. The highest BCUT2D eigenvalue weighted by Gasteiger charge is 2.51. The van der Waals surface area contributed by atoms with E-state index in [1.807, 2.05) is 0 Å². The van der Waals surface area contributed by atoms with Gasteiger partial charge in [-0.05, 0) is 49.7 Å². The zero-order chi connectivity index (χ0) is 19.8. The second kappa shape index (κ2) is 7.37. The van der Waals surface area contributed by atoms with Gasteiger partial charge in [-0.15, -0.1) is 0 Å². The molecular formula is C20H28N2O5. The third-order valence-corrected chi connectivity index (χ3v) is 5.82. The van der Waals surface area contributed by atoms with Crippen LogP contribution in [0.3, 0.4) is 0 Å². The van der Waals surface area contributed by atoms with Crippen LogP contribution in [0, 0.1) is 17.8 Å². The van der Waals surface area contributed by atoms with E-state index in [-0.39, 0.29) is 6.10 Å². The lowest BCUT2D eigenvalue weighted by Gasteiger charge is -2.36. The Morgan fingerprint density at radius 1 is 1.41 bits per heavy atom. The predicted molar refractivity (Wildman–Crippen MR) is 97.5 cm³/mol. The van der Waals surface area contributed by atoms with Crippen molar-refractivity contribution in [1.82, 2.24) is 10.2 Å². The van der Waals surface area contributed by atoms with Crippen molar-refractivity contribution < 1.29 is 23.5 Å². The number of carbonyl (C=O) groups excluding carboxylic acids is 3. The average molecular weight is 376 g/mol. The summed E-state index contributed by atoms with van der Waals surface area (Å²) in [4.78, 5) is 38.5. The minimum absolute atomic E-state index is 0.168. The van der Waals surface area contributed by atoms with Crippen LogP contribution in [-0.2, 0) is 19.9 Å². The summed E-state index contributed by atoms with van der Waals surface area (Å²) >= 11 is 0. The van der Waals surface area contributed by atoms with Crippen LogP contribution in [0.4, 0.5) is 4.79 Å². The highest BCUT2D eigenvalue weighted by atomic mass is 16.5. The van der Waals surface area contributed by atoms with Crippen LogP contribution in [-0.4, -0.2) is 35.5 Å². The molecular weight excluding hydrogens is 348 g/mol. The van der Waals surface area contributed by atoms with Crippen LogP contribution in [0.5, 0.6) is 0 Å². The molecule has 27 heavy (non-hydrogen) atoms. The van der Waals surface area contributed by atoms with Crippen molar-refractivity contribution in [3.8, 4) is 0 Å². The van der Waals surface area contributed by atoms with Crippen LogP contribution >= 0.6 is 0 Å². The van der Waals surface area contributed by atoms with Crippen molar-refractivity contribution >= 4 is 17.9 Å². The molecule has 1 saturated heterocycles. The minimum Gasteiger partial charge on any atom is -0.466 e. The zero-order valence-corrected chi connectivity index (χ0v) is 16.4.